The van der Waals surface area contributed by atoms with E-state index < -0.39 is 11.7 Å². The van der Waals surface area contributed by atoms with Crippen molar-refractivity contribution in [2.24, 2.45) is 0 Å². The standard InChI is InChI=1S/C13H17ClF3NO/c1-12(2,19-3)6-7-18-11-5-4-9(14)8-10(11)13(15,16)17/h4-5,8,18H,6-7H2,1-3H3. The van der Waals surface area contributed by atoms with Crippen LogP contribution >= 0.6 is 11.6 Å². The van der Waals surface area contributed by atoms with E-state index in [1.165, 1.54) is 12.1 Å². The summed E-state index contributed by atoms with van der Waals surface area (Å²) in [6.45, 7) is 4.13. The fraction of sp³-hybridized carbons (Fsp3) is 0.538. The van der Waals surface area contributed by atoms with Crippen LogP contribution in [0, 0.1) is 0 Å². The number of hydrogen-bond donors (Lipinski definition) is 1. The third-order valence-electron chi connectivity index (χ3n) is 2.88. The van der Waals surface area contributed by atoms with Crippen LogP contribution in [0.2, 0.25) is 5.02 Å². The number of nitrogens with one attached hydrogen (secondary N) is 1. The van der Waals surface area contributed by atoms with Gasteiger partial charge in [-0.3, -0.25) is 0 Å². The van der Waals surface area contributed by atoms with Crippen LogP contribution in [-0.2, 0) is 10.9 Å². The van der Waals surface area contributed by atoms with Gasteiger partial charge in [0.25, 0.3) is 0 Å². The summed E-state index contributed by atoms with van der Waals surface area (Å²) in [4.78, 5) is 0. The highest BCUT2D eigenvalue weighted by Gasteiger charge is 2.33. The average Bonchev–Trinajstić information content (AvgIpc) is 2.29. The predicted octanol–water partition coefficient (Wildman–Crippen LogP) is 4.59. The van der Waals surface area contributed by atoms with Crippen molar-refractivity contribution >= 4 is 17.3 Å². The summed E-state index contributed by atoms with van der Waals surface area (Å²) < 4.78 is 43.7. The Morgan fingerprint density at radius 2 is 1.89 bits per heavy atom. The minimum absolute atomic E-state index is 0.0313. The second-order valence-corrected chi connectivity index (χ2v) is 5.26. The molecular formula is C13H17ClF3NO. The second-order valence-electron chi connectivity index (χ2n) is 4.83. The Morgan fingerprint density at radius 1 is 1.26 bits per heavy atom. The molecule has 1 N–H and O–H groups in total. The summed E-state index contributed by atoms with van der Waals surface area (Å²) in [5, 5.41) is 2.84. The molecule has 2 nitrogen and oxygen atoms in total. The van der Waals surface area contributed by atoms with Crippen LogP contribution in [0.5, 0.6) is 0 Å². The topological polar surface area (TPSA) is 21.3 Å². The molecule has 1 aromatic carbocycles. The highest BCUT2D eigenvalue weighted by molar-refractivity contribution is 6.30. The lowest BCUT2D eigenvalue weighted by Gasteiger charge is -2.23. The first kappa shape index (κ1) is 16.1. The Balaban J connectivity index is 2.79. The molecule has 0 aliphatic heterocycles. The molecule has 0 aliphatic carbocycles. The third kappa shape index (κ3) is 4.91. The van der Waals surface area contributed by atoms with Gasteiger partial charge in [0.05, 0.1) is 11.2 Å². The van der Waals surface area contributed by atoms with Crippen LogP contribution in [0.25, 0.3) is 0 Å². The maximum Gasteiger partial charge on any atom is 0.418 e. The van der Waals surface area contributed by atoms with Crippen LogP contribution in [0.15, 0.2) is 18.2 Å². The normalized spacial score (nSPS) is 12.6. The predicted molar refractivity (Wildman–Crippen MR) is 70.6 cm³/mol. The van der Waals surface area contributed by atoms with Gasteiger partial charge in [0, 0.05) is 24.4 Å². The molecule has 0 spiro atoms. The number of ether oxygens (including phenoxy) is 1. The van der Waals surface area contributed by atoms with Crippen molar-refractivity contribution in [3.8, 4) is 0 Å². The number of alkyl halides is 3. The molecule has 0 bridgehead atoms. The van der Waals surface area contributed by atoms with Crippen molar-refractivity contribution in [1.29, 1.82) is 0 Å². The summed E-state index contributed by atoms with van der Waals surface area (Å²) >= 11 is 5.60. The van der Waals surface area contributed by atoms with Crippen molar-refractivity contribution in [3.05, 3.63) is 28.8 Å². The van der Waals surface area contributed by atoms with Crippen molar-refractivity contribution in [2.75, 3.05) is 19.0 Å². The molecule has 6 heteroatoms. The molecule has 108 valence electrons. The molecule has 0 fully saturated rings. The maximum atomic E-state index is 12.8. The van der Waals surface area contributed by atoms with Crippen LogP contribution in [0.3, 0.4) is 0 Å². The monoisotopic (exact) mass is 295 g/mol. The Morgan fingerprint density at radius 3 is 2.42 bits per heavy atom. The number of rotatable bonds is 5. The molecule has 0 unspecified atom stereocenters. The average molecular weight is 296 g/mol. The molecule has 0 atom stereocenters. The lowest BCUT2D eigenvalue weighted by molar-refractivity contribution is -0.136. The number of anilines is 1. The second kappa shape index (κ2) is 6.01. The Bertz CT molecular complexity index is 432. The van der Waals surface area contributed by atoms with Gasteiger partial charge in [0.2, 0.25) is 0 Å². The van der Waals surface area contributed by atoms with Gasteiger partial charge in [-0.2, -0.15) is 13.2 Å². The largest absolute Gasteiger partial charge is 0.418 e. The lowest BCUT2D eigenvalue weighted by Crippen LogP contribution is -2.26. The van der Waals surface area contributed by atoms with Gasteiger partial charge in [-0.25, -0.2) is 0 Å². The van der Waals surface area contributed by atoms with Gasteiger partial charge >= 0.3 is 6.18 Å². The van der Waals surface area contributed by atoms with E-state index >= 15 is 0 Å². The molecule has 0 heterocycles. The maximum absolute atomic E-state index is 12.8. The number of methoxy groups -OCH3 is 1. The van der Waals surface area contributed by atoms with Gasteiger partial charge in [0.1, 0.15) is 0 Å². The first-order valence-corrected chi connectivity index (χ1v) is 6.19. The first-order valence-electron chi connectivity index (χ1n) is 5.81. The summed E-state index contributed by atoms with van der Waals surface area (Å²) in [6, 6.07) is 3.69. The summed E-state index contributed by atoms with van der Waals surface area (Å²) in [5.74, 6) is 0. The van der Waals surface area contributed by atoms with E-state index in [1.807, 2.05) is 13.8 Å². The van der Waals surface area contributed by atoms with E-state index in [0.717, 1.165) is 6.07 Å². The van der Waals surface area contributed by atoms with E-state index in [0.29, 0.717) is 13.0 Å². The van der Waals surface area contributed by atoms with Crippen LogP contribution in [0.1, 0.15) is 25.8 Å². The van der Waals surface area contributed by atoms with Gasteiger partial charge in [-0.05, 0) is 38.5 Å². The van der Waals surface area contributed by atoms with E-state index in [-0.39, 0.29) is 16.3 Å². The van der Waals surface area contributed by atoms with E-state index in [4.69, 9.17) is 16.3 Å². The van der Waals surface area contributed by atoms with Gasteiger partial charge in [-0.15, -0.1) is 0 Å². The zero-order valence-corrected chi connectivity index (χ0v) is 11.8. The molecule has 19 heavy (non-hydrogen) atoms. The molecule has 0 aromatic heterocycles. The summed E-state index contributed by atoms with van der Waals surface area (Å²) in [5.41, 5.74) is -1.10. The summed E-state index contributed by atoms with van der Waals surface area (Å²) in [7, 11) is 1.57. The zero-order valence-electron chi connectivity index (χ0n) is 11.1. The molecule has 0 saturated carbocycles. The Labute approximate surface area is 115 Å². The molecule has 0 aliphatic rings. The van der Waals surface area contributed by atoms with Gasteiger partial charge in [0.15, 0.2) is 0 Å². The van der Waals surface area contributed by atoms with Gasteiger partial charge in [-0.1, -0.05) is 11.6 Å². The molecule has 0 amide bonds. The number of halogens is 4. The zero-order chi connectivity index (χ0) is 14.7. The van der Waals surface area contributed by atoms with E-state index in [9.17, 15) is 13.2 Å². The molecule has 0 saturated heterocycles. The molecule has 1 aromatic rings. The van der Waals surface area contributed by atoms with Crippen molar-refractivity contribution in [3.63, 3.8) is 0 Å². The molecule has 1 rings (SSSR count). The Hall–Kier alpha value is -0.940. The van der Waals surface area contributed by atoms with E-state index in [2.05, 4.69) is 5.32 Å². The fourth-order valence-corrected chi connectivity index (χ4v) is 1.68. The SMILES string of the molecule is COC(C)(C)CCNc1ccc(Cl)cc1C(F)(F)F. The smallest absolute Gasteiger partial charge is 0.384 e. The number of hydrogen-bond acceptors (Lipinski definition) is 2. The van der Waals surface area contributed by atoms with Crippen molar-refractivity contribution < 1.29 is 17.9 Å². The lowest BCUT2D eigenvalue weighted by atomic mass is 10.1. The quantitative estimate of drug-likeness (QED) is 0.858. The third-order valence-corrected chi connectivity index (χ3v) is 3.12. The summed E-state index contributed by atoms with van der Waals surface area (Å²) in [6.07, 6.45) is -3.84. The Kier molecular flexibility index (Phi) is 5.10. The van der Waals surface area contributed by atoms with Crippen LogP contribution in [-0.4, -0.2) is 19.3 Å². The van der Waals surface area contributed by atoms with Crippen molar-refractivity contribution in [1.82, 2.24) is 0 Å². The van der Waals surface area contributed by atoms with Crippen molar-refractivity contribution in [2.45, 2.75) is 32.0 Å². The van der Waals surface area contributed by atoms with E-state index in [1.54, 1.807) is 7.11 Å². The highest BCUT2D eigenvalue weighted by atomic mass is 35.5. The van der Waals surface area contributed by atoms with Crippen LogP contribution in [0.4, 0.5) is 18.9 Å². The van der Waals surface area contributed by atoms with Gasteiger partial charge < -0.3 is 10.1 Å². The minimum atomic E-state index is -4.43. The molecule has 0 radical (unpaired) electrons. The number of benzene rings is 1. The van der Waals surface area contributed by atoms with Crippen LogP contribution < -0.4 is 5.32 Å². The fourth-order valence-electron chi connectivity index (χ4n) is 1.51. The molecular weight excluding hydrogens is 279 g/mol. The highest BCUT2D eigenvalue weighted by Crippen LogP contribution is 2.36. The first-order chi connectivity index (χ1) is 8.65. The minimum Gasteiger partial charge on any atom is -0.384 e.